The van der Waals surface area contributed by atoms with Crippen LogP contribution in [0.1, 0.15) is 23.7 Å². The summed E-state index contributed by atoms with van der Waals surface area (Å²) in [6.45, 7) is 3.21. The zero-order chi connectivity index (χ0) is 12.7. The molecule has 0 aliphatic carbocycles. The van der Waals surface area contributed by atoms with Crippen LogP contribution in [0.5, 0.6) is 11.5 Å². The molecule has 94 valence electrons. The van der Waals surface area contributed by atoms with Gasteiger partial charge >= 0.3 is 0 Å². The van der Waals surface area contributed by atoms with Gasteiger partial charge in [0.2, 0.25) is 0 Å². The van der Waals surface area contributed by atoms with E-state index in [0.29, 0.717) is 23.6 Å². The van der Waals surface area contributed by atoms with Crippen molar-refractivity contribution in [2.45, 2.75) is 13.3 Å². The van der Waals surface area contributed by atoms with Crippen molar-refractivity contribution >= 4 is 5.78 Å². The summed E-state index contributed by atoms with van der Waals surface area (Å²) < 4.78 is 10.3. The van der Waals surface area contributed by atoms with E-state index in [-0.39, 0.29) is 5.78 Å². The van der Waals surface area contributed by atoms with Crippen molar-refractivity contribution in [2.75, 3.05) is 27.3 Å². The summed E-state index contributed by atoms with van der Waals surface area (Å²) in [5.41, 5.74) is 0.551. The molecule has 1 aromatic carbocycles. The number of ether oxygens (including phenoxy) is 2. The highest BCUT2D eigenvalue weighted by Gasteiger charge is 2.12. The minimum Gasteiger partial charge on any atom is -0.497 e. The van der Waals surface area contributed by atoms with Gasteiger partial charge in [-0.25, -0.2) is 0 Å². The van der Waals surface area contributed by atoms with Gasteiger partial charge in [-0.3, -0.25) is 4.79 Å². The first-order valence-corrected chi connectivity index (χ1v) is 5.68. The van der Waals surface area contributed by atoms with E-state index in [1.807, 2.05) is 0 Å². The van der Waals surface area contributed by atoms with Gasteiger partial charge in [-0.2, -0.15) is 0 Å². The monoisotopic (exact) mass is 237 g/mol. The summed E-state index contributed by atoms with van der Waals surface area (Å²) in [6.07, 6.45) is 1.00. The SMILES string of the molecule is CCCNCC(=O)c1cc(OC)ccc1OC. The number of ketones is 1. The molecule has 0 heterocycles. The highest BCUT2D eigenvalue weighted by molar-refractivity contribution is 6.00. The maximum Gasteiger partial charge on any atom is 0.180 e. The Labute approximate surface area is 102 Å². The molecule has 4 nitrogen and oxygen atoms in total. The number of methoxy groups -OCH3 is 2. The number of carbonyl (C=O) groups is 1. The molecule has 0 atom stereocenters. The van der Waals surface area contributed by atoms with Crippen molar-refractivity contribution < 1.29 is 14.3 Å². The molecule has 0 aliphatic heterocycles. The fourth-order valence-corrected chi connectivity index (χ4v) is 1.51. The maximum absolute atomic E-state index is 12.0. The molecule has 1 N–H and O–H groups in total. The van der Waals surface area contributed by atoms with Gasteiger partial charge in [0.15, 0.2) is 5.78 Å². The molecule has 17 heavy (non-hydrogen) atoms. The molecule has 1 rings (SSSR count). The second-order valence-electron chi connectivity index (χ2n) is 3.67. The van der Waals surface area contributed by atoms with Crippen molar-refractivity contribution in [2.24, 2.45) is 0 Å². The molecule has 0 bridgehead atoms. The molecule has 1 aromatic rings. The van der Waals surface area contributed by atoms with Crippen LogP contribution in [0.4, 0.5) is 0 Å². The van der Waals surface area contributed by atoms with Crippen LogP contribution in [0.2, 0.25) is 0 Å². The van der Waals surface area contributed by atoms with E-state index in [1.165, 1.54) is 0 Å². The zero-order valence-electron chi connectivity index (χ0n) is 10.6. The van der Waals surface area contributed by atoms with E-state index < -0.39 is 0 Å². The Balaban J connectivity index is 2.82. The molecular formula is C13H19NO3. The average molecular weight is 237 g/mol. The Bertz CT molecular complexity index is 377. The van der Waals surface area contributed by atoms with Crippen LogP contribution in [-0.4, -0.2) is 33.1 Å². The Morgan fingerprint density at radius 1 is 1.29 bits per heavy atom. The summed E-state index contributed by atoms with van der Waals surface area (Å²) in [6, 6.07) is 5.22. The van der Waals surface area contributed by atoms with E-state index in [1.54, 1.807) is 32.4 Å². The van der Waals surface area contributed by atoms with Gasteiger partial charge in [0.1, 0.15) is 11.5 Å². The predicted molar refractivity (Wildman–Crippen MR) is 67.0 cm³/mol. The second kappa shape index (κ2) is 6.91. The lowest BCUT2D eigenvalue weighted by molar-refractivity contribution is 0.0988. The highest BCUT2D eigenvalue weighted by atomic mass is 16.5. The van der Waals surface area contributed by atoms with E-state index in [0.717, 1.165) is 13.0 Å². The fourth-order valence-electron chi connectivity index (χ4n) is 1.51. The largest absolute Gasteiger partial charge is 0.497 e. The zero-order valence-corrected chi connectivity index (χ0v) is 10.6. The van der Waals surface area contributed by atoms with Crippen molar-refractivity contribution in [1.29, 1.82) is 0 Å². The van der Waals surface area contributed by atoms with Crippen molar-refractivity contribution in [3.63, 3.8) is 0 Å². The summed E-state index contributed by atoms with van der Waals surface area (Å²) in [5, 5.41) is 3.08. The third-order valence-electron chi connectivity index (χ3n) is 2.42. The average Bonchev–Trinajstić information content (AvgIpc) is 2.38. The topological polar surface area (TPSA) is 47.6 Å². The number of hydrogen-bond acceptors (Lipinski definition) is 4. The smallest absolute Gasteiger partial charge is 0.180 e. The van der Waals surface area contributed by atoms with Gasteiger partial charge in [0.05, 0.1) is 26.3 Å². The molecule has 0 aromatic heterocycles. The predicted octanol–water partition coefficient (Wildman–Crippen LogP) is 1.89. The van der Waals surface area contributed by atoms with Crippen molar-refractivity contribution in [1.82, 2.24) is 5.32 Å². The van der Waals surface area contributed by atoms with Crippen LogP contribution in [0.25, 0.3) is 0 Å². The first-order chi connectivity index (χ1) is 8.22. The maximum atomic E-state index is 12.0. The quantitative estimate of drug-likeness (QED) is 0.581. The number of benzene rings is 1. The van der Waals surface area contributed by atoms with E-state index in [9.17, 15) is 4.79 Å². The molecule has 0 saturated heterocycles. The Morgan fingerprint density at radius 2 is 2.06 bits per heavy atom. The first kappa shape index (κ1) is 13.5. The number of Topliss-reactive ketones (excluding diaryl/α,β-unsaturated/α-hetero) is 1. The second-order valence-corrected chi connectivity index (χ2v) is 3.67. The fraction of sp³-hybridized carbons (Fsp3) is 0.462. The van der Waals surface area contributed by atoms with Crippen molar-refractivity contribution in [3.8, 4) is 11.5 Å². The number of nitrogens with one attached hydrogen (secondary N) is 1. The Morgan fingerprint density at radius 3 is 2.65 bits per heavy atom. The summed E-state index contributed by atoms with van der Waals surface area (Å²) in [5.74, 6) is 1.24. The Kier molecular flexibility index (Phi) is 5.49. The summed E-state index contributed by atoms with van der Waals surface area (Å²) in [4.78, 5) is 12.0. The summed E-state index contributed by atoms with van der Waals surface area (Å²) in [7, 11) is 3.13. The third kappa shape index (κ3) is 3.75. The highest BCUT2D eigenvalue weighted by Crippen LogP contribution is 2.24. The first-order valence-electron chi connectivity index (χ1n) is 5.68. The molecule has 0 saturated carbocycles. The molecule has 0 fully saturated rings. The van der Waals surface area contributed by atoms with Gasteiger partial charge in [-0.15, -0.1) is 0 Å². The molecular weight excluding hydrogens is 218 g/mol. The minimum absolute atomic E-state index is 0.00852. The molecule has 0 radical (unpaired) electrons. The van der Waals surface area contributed by atoms with Gasteiger partial charge in [-0.1, -0.05) is 6.92 Å². The lowest BCUT2D eigenvalue weighted by atomic mass is 10.1. The molecule has 0 amide bonds. The van der Waals surface area contributed by atoms with Crippen LogP contribution < -0.4 is 14.8 Å². The van der Waals surface area contributed by atoms with Crippen LogP contribution in [0.15, 0.2) is 18.2 Å². The number of hydrogen-bond donors (Lipinski definition) is 1. The lowest BCUT2D eigenvalue weighted by Gasteiger charge is -2.10. The lowest BCUT2D eigenvalue weighted by Crippen LogP contribution is -2.24. The van der Waals surface area contributed by atoms with Crippen LogP contribution in [-0.2, 0) is 0 Å². The molecule has 0 aliphatic rings. The Hall–Kier alpha value is -1.55. The van der Waals surface area contributed by atoms with Crippen LogP contribution >= 0.6 is 0 Å². The van der Waals surface area contributed by atoms with Gasteiger partial charge in [0, 0.05) is 0 Å². The normalized spacial score (nSPS) is 10.1. The molecule has 0 spiro atoms. The minimum atomic E-state index is 0.00852. The molecule has 4 heteroatoms. The van der Waals surface area contributed by atoms with Gasteiger partial charge in [0.25, 0.3) is 0 Å². The third-order valence-corrected chi connectivity index (χ3v) is 2.42. The number of carbonyl (C=O) groups excluding carboxylic acids is 1. The summed E-state index contributed by atoms with van der Waals surface area (Å²) >= 11 is 0. The van der Waals surface area contributed by atoms with E-state index >= 15 is 0 Å². The van der Waals surface area contributed by atoms with Gasteiger partial charge in [-0.05, 0) is 31.2 Å². The van der Waals surface area contributed by atoms with Crippen LogP contribution in [0.3, 0.4) is 0 Å². The van der Waals surface area contributed by atoms with Crippen LogP contribution in [0, 0.1) is 0 Å². The van der Waals surface area contributed by atoms with E-state index in [4.69, 9.17) is 9.47 Å². The van der Waals surface area contributed by atoms with Crippen molar-refractivity contribution in [3.05, 3.63) is 23.8 Å². The molecule has 0 unspecified atom stereocenters. The standard InChI is InChI=1S/C13H19NO3/c1-4-7-14-9-12(15)11-8-10(16-2)5-6-13(11)17-3/h5-6,8,14H,4,7,9H2,1-3H3. The van der Waals surface area contributed by atoms with Gasteiger partial charge < -0.3 is 14.8 Å². The van der Waals surface area contributed by atoms with E-state index in [2.05, 4.69) is 12.2 Å². The number of rotatable bonds is 7.